The Morgan fingerprint density at radius 2 is 1.77 bits per heavy atom. The van der Waals surface area contributed by atoms with E-state index in [1.54, 1.807) is 0 Å². The monoisotopic (exact) mass is 366 g/mol. The molecule has 1 aliphatic carbocycles. The van der Waals surface area contributed by atoms with Gasteiger partial charge < -0.3 is 15.0 Å². The lowest BCUT2D eigenvalue weighted by atomic mass is 9.83. The molecule has 2 atom stereocenters. The molecule has 2 aliphatic rings. The van der Waals surface area contributed by atoms with Crippen molar-refractivity contribution in [3.63, 3.8) is 0 Å². The highest BCUT2D eigenvalue weighted by atomic mass is 19.3. The number of likely N-dealkylation sites (tertiary alicyclic amines) is 1. The van der Waals surface area contributed by atoms with Crippen LogP contribution in [0.3, 0.4) is 0 Å². The summed E-state index contributed by atoms with van der Waals surface area (Å²) in [7, 11) is 0. The van der Waals surface area contributed by atoms with E-state index >= 15 is 0 Å². The number of carbonyl (C=O) groups excluding carboxylic acids is 1. The van der Waals surface area contributed by atoms with Crippen molar-refractivity contribution in [1.29, 1.82) is 0 Å². The van der Waals surface area contributed by atoms with E-state index in [2.05, 4.69) is 15.0 Å². The lowest BCUT2D eigenvalue weighted by Crippen LogP contribution is -2.47. The molecule has 1 heterocycles. The SMILES string of the molecule is O=C(NC1CCCC[C@H]1CN1CCCCC1)c1ccc(OC(F)F)cc1. The summed E-state index contributed by atoms with van der Waals surface area (Å²) in [5, 5.41) is 3.18. The van der Waals surface area contributed by atoms with Crippen LogP contribution in [0.4, 0.5) is 8.78 Å². The van der Waals surface area contributed by atoms with Gasteiger partial charge in [-0.1, -0.05) is 19.3 Å². The number of carbonyl (C=O) groups is 1. The summed E-state index contributed by atoms with van der Waals surface area (Å²) in [5.41, 5.74) is 0.480. The first kappa shape index (κ1) is 19.1. The molecule has 1 unspecified atom stereocenters. The van der Waals surface area contributed by atoms with E-state index in [4.69, 9.17) is 0 Å². The van der Waals surface area contributed by atoms with Crippen molar-refractivity contribution in [2.75, 3.05) is 19.6 Å². The van der Waals surface area contributed by atoms with Crippen LogP contribution in [0.15, 0.2) is 24.3 Å². The van der Waals surface area contributed by atoms with Crippen LogP contribution >= 0.6 is 0 Å². The Morgan fingerprint density at radius 1 is 1.08 bits per heavy atom. The first-order valence-corrected chi connectivity index (χ1v) is 9.70. The number of nitrogens with one attached hydrogen (secondary N) is 1. The van der Waals surface area contributed by atoms with E-state index in [0.29, 0.717) is 11.5 Å². The molecule has 26 heavy (non-hydrogen) atoms. The van der Waals surface area contributed by atoms with E-state index in [9.17, 15) is 13.6 Å². The van der Waals surface area contributed by atoms with Crippen LogP contribution in [0.1, 0.15) is 55.3 Å². The van der Waals surface area contributed by atoms with Gasteiger partial charge in [-0.15, -0.1) is 0 Å². The molecule has 144 valence electrons. The van der Waals surface area contributed by atoms with Crippen LogP contribution in [0.2, 0.25) is 0 Å². The number of ether oxygens (including phenoxy) is 1. The third kappa shape index (κ3) is 5.40. The minimum atomic E-state index is -2.85. The van der Waals surface area contributed by atoms with Gasteiger partial charge in [0.1, 0.15) is 5.75 Å². The van der Waals surface area contributed by atoms with E-state index in [0.717, 1.165) is 25.8 Å². The van der Waals surface area contributed by atoms with Gasteiger partial charge in [0.05, 0.1) is 0 Å². The Labute approximate surface area is 153 Å². The predicted octanol–water partition coefficient (Wildman–Crippen LogP) is 4.06. The van der Waals surface area contributed by atoms with Crippen LogP contribution in [0.25, 0.3) is 0 Å². The van der Waals surface area contributed by atoms with Crippen LogP contribution < -0.4 is 10.1 Å². The molecule has 2 fully saturated rings. The second-order valence-electron chi connectivity index (χ2n) is 7.39. The van der Waals surface area contributed by atoms with E-state index < -0.39 is 6.61 Å². The number of nitrogens with zero attached hydrogens (tertiary/aromatic N) is 1. The molecule has 3 rings (SSSR count). The average molecular weight is 366 g/mol. The summed E-state index contributed by atoms with van der Waals surface area (Å²) in [4.78, 5) is 15.1. The van der Waals surface area contributed by atoms with E-state index in [-0.39, 0.29) is 17.7 Å². The quantitative estimate of drug-likeness (QED) is 0.825. The van der Waals surface area contributed by atoms with Crippen molar-refractivity contribution in [3.8, 4) is 5.75 Å². The van der Waals surface area contributed by atoms with Crippen LogP contribution in [-0.4, -0.2) is 43.1 Å². The first-order chi connectivity index (χ1) is 12.6. The first-order valence-electron chi connectivity index (χ1n) is 9.70. The minimum Gasteiger partial charge on any atom is -0.435 e. The molecule has 1 aromatic rings. The zero-order chi connectivity index (χ0) is 18.4. The van der Waals surface area contributed by atoms with Crippen molar-refractivity contribution in [3.05, 3.63) is 29.8 Å². The number of hydrogen-bond donors (Lipinski definition) is 1. The maximum atomic E-state index is 12.6. The molecule has 1 saturated carbocycles. The van der Waals surface area contributed by atoms with Gasteiger partial charge >= 0.3 is 6.61 Å². The zero-order valence-electron chi connectivity index (χ0n) is 15.1. The predicted molar refractivity (Wildman–Crippen MR) is 96.6 cm³/mol. The largest absolute Gasteiger partial charge is 0.435 e. The van der Waals surface area contributed by atoms with Crippen molar-refractivity contribution in [2.24, 2.45) is 5.92 Å². The maximum Gasteiger partial charge on any atom is 0.387 e. The van der Waals surface area contributed by atoms with Gasteiger partial charge in [-0.25, -0.2) is 0 Å². The van der Waals surface area contributed by atoms with Crippen molar-refractivity contribution >= 4 is 5.91 Å². The fourth-order valence-electron chi connectivity index (χ4n) is 4.13. The lowest BCUT2D eigenvalue weighted by Gasteiger charge is -2.37. The smallest absolute Gasteiger partial charge is 0.387 e. The Balaban J connectivity index is 1.57. The molecule has 0 aromatic heterocycles. The molecule has 1 amide bonds. The highest BCUT2D eigenvalue weighted by Crippen LogP contribution is 2.27. The van der Waals surface area contributed by atoms with Gasteiger partial charge in [-0.05, 0) is 69.0 Å². The number of benzene rings is 1. The van der Waals surface area contributed by atoms with Gasteiger partial charge in [0.15, 0.2) is 0 Å². The fraction of sp³-hybridized carbons (Fsp3) is 0.650. The van der Waals surface area contributed by atoms with E-state index in [1.807, 2.05) is 0 Å². The standard InChI is InChI=1S/C20H28F2N2O2/c21-20(22)26-17-10-8-15(9-11-17)19(25)23-18-7-3-2-6-16(18)14-24-12-4-1-5-13-24/h8-11,16,18,20H,1-7,12-14H2,(H,23,25)/t16-,18?/m0/s1. The molecule has 0 bridgehead atoms. The number of piperidine rings is 1. The number of hydrogen-bond acceptors (Lipinski definition) is 3. The maximum absolute atomic E-state index is 12.6. The number of amides is 1. The van der Waals surface area contributed by atoms with Gasteiger partial charge in [0.25, 0.3) is 5.91 Å². The summed E-state index contributed by atoms with van der Waals surface area (Å²) < 4.78 is 28.8. The van der Waals surface area contributed by atoms with Crippen LogP contribution in [-0.2, 0) is 0 Å². The summed E-state index contributed by atoms with van der Waals surface area (Å²) in [5.74, 6) is 0.425. The molecule has 6 heteroatoms. The molecular formula is C20H28F2N2O2. The van der Waals surface area contributed by atoms with Crippen LogP contribution in [0, 0.1) is 5.92 Å². The topological polar surface area (TPSA) is 41.6 Å². The molecule has 1 aromatic carbocycles. The molecule has 4 nitrogen and oxygen atoms in total. The minimum absolute atomic E-state index is 0.0668. The van der Waals surface area contributed by atoms with E-state index in [1.165, 1.54) is 63.0 Å². The summed E-state index contributed by atoms with van der Waals surface area (Å²) in [6.45, 7) is 0.546. The molecule has 0 spiro atoms. The Bertz CT molecular complexity index is 574. The van der Waals surface area contributed by atoms with Crippen molar-refractivity contribution < 1.29 is 18.3 Å². The molecule has 1 saturated heterocycles. The number of rotatable bonds is 6. The third-order valence-corrected chi connectivity index (χ3v) is 5.51. The zero-order valence-corrected chi connectivity index (χ0v) is 15.1. The Hall–Kier alpha value is -1.69. The molecule has 0 radical (unpaired) electrons. The molecular weight excluding hydrogens is 338 g/mol. The van der Waals surface area contributed by atoms with Gasteiger partial charge in [0.2, 0.25) is 0 Å². The van der Waals surface area contributed by atoms with Crippen molar-refractivity contribution in [1.82, 2.24) is 10.2 Å². The Kier molecular flexibility index (Phi) is 6.83. The summed E-state index contributed by atoms with van der Waals surface area (Å²) in [6.07, 6.45) is 8.41. The van der Waals surface area contributed by atoms with Gasteiger partial charge in [-0.3, -0.25) is 4.79 Å². The highest BCUT2D eigenvalue weighted by molar-refractivity contribution is 5.94. The summed E-state index contributed by atoms with van der Waals surface area (Å²) in [6, 6.07) is 6.08. The molecule has 1 N–H and O–H groups in total. The highest BCUT2D eigenvalue weighted by Gasteiger charge is 2.28. The second kappa shape index (κ2) is 9.31. The third-order valence-electron chi connectivity index (χ3n) is 5.51. The number of halogens is 2. The Morgan fingerprint density at radius 3 is 2.46 bits per heavy atom. The normalized spacial score (nSPS) is 24.4. The lowest BCUT2D eigenvalue weighted by molar-refractivity contribution is -0.0498. The summed E-state index contributed by atoms with van der Waals surface area (Å²) >= 11 is 0. The fourth-order valence-corrected chi connectivity index (χ4v) is 4.13. The second-order valence-corrected chi connectivity index (χ2v) is 7.39. The van der Waals surface area contributed by atoms with Crippen LogP contribution in [0.5, 0.6) is 5.75 Å². The number of alkyl halides is 2. The average Bonchev–Trinajstić information content (AvgIpc) is 2.64. The van der Waals surface area contributed by atoms with Gasteiger partial charge in [-0.2, -0.15) is 8.78 Å². The molecule has 1 aliphatic heterocycles. The van der Waals surface area contributed by atoms with Gasteiger partial charge in [0, 0.05) is 18.2 Å². The van der Waals surface area contributed by atoms with Crippen molar-refractivity contribution in [2.45, 2.75) is 57.6 Å².